The number of hydrogen-bond donors (Lipinski definition) is 0. The van der Waals surface area contributed by atoms with Crippen molar-refractivity contribution in [1.82, 2.24) is 0 Å². The first-order valence-electron chi connectivity index (χ1n) is 3.18. The van der Waals surface area contributed by atoms with Crippen LogP contribution in [0.15, 0.2) is 12.1 Å². The molecular weight excluding hydrogens is 293 g/mol. The van der Waals surface area contributed by atoms with Crippen LogP contribution in [0.3, 0.4) is 0 Å². The Morgan fingerprint density at radius 3 is 2.67 bits per heavy atom. The first-order valence-corrected chi connectivity index (χ1v) is 4.63. The fourth-order valence-corrected chi connectivity index (χ4v) is 1.54. The minimum absolute atomic E-state index is 0.155. The first-order chi connectivity index (χ1) is 5.52. The van der Waals surface area contributed by atoms with Gasteiger partial charge in [0.1, 0.15) is 5.82 Å². The van der Waals surface area contributed by atoms with Crippen molar-refractivity contribution in [2.24, 2.45) is 0 Å². The highest BCUT2D eigenvalue weighted by atomic mass is 127. The highest BCUT2D eigenvalue weighted by molar-refractivity contribution is 14.1. The van der Waals surface area contributed by atoms with E-state index in [4.69, 9.17) is 11.6 Å². The molecule has 0 atom stereocenters. The van der Waals surface area contributed by atoms with Gasteiger partial charge in [0.25, 0.3) is 0 Å². The summed E-state index contributed by atoms with van der Waals surface area (Å²) in [4.78, 5) is 10.9. The third-order valence-electron chi connectivity index (χ3n) is 1.39. The smallest absolute Gasteiger partial charge is 0.161 e. The quantitative estimate of drug-likeness (QED) is 0.442. The summed E-state index contributed by atoms with van der Waals surface area (Å²) in [7, 11) is 0. The number of Topliss-reactive ketones (excluding diaryl/α,β-unsaturated/α-hetero) is 1. The van der Waals surface area contributed by atoms with E-state index in [0.29, 0.717) is 9.13 Å². The summed E-state index contributed by atoms with van der Waals surface area (Å²) in [6, 6.07) is 2.60. The van der Waals surface area contributed by atoms with Crippen LogP contribution in [0.25, 0.3) is 0 Å². The van der Waals surface area contributed by atoms with Gasteiger partial charge in [-0.05, 0) is 41.6 Å². The van der Waals surface area contributed by atoms with Crippen LogP contribution in [-0.2, 0) is 0 Å². The Morgan fingerprint density at radius 2 is 2.17 bits per heavy atom. The van der Waals surface area contributed by atoms with E-state index in [1.54, 1.807) is 0 Å². The van der Waals surface area contributed by atoms with Gasteiger partial charge in [0.2, 0.25) is 0 Å². The molecule has 0 fully saturated rings. The number of halogens is 3. The molecule has 0 aliphatic carbocycles. The molecular formula is C8H5ClFIO. The summed E-state index contributed by atoms with van der Waals surface area (Å²) in [5.41, 5.74) is 0.363. The van der Waals surface area contributed by atoms with Gasteiger partial charge in [0.15, 0.2) is 5.78 Å². The van der Waals surface area contributed by atoms with Crippen LogP contribution in [0.1, 0.15) is 17.3 Å². The second kappa shape index (κ2) is 3.70. The second-order valence-corrected chi connectivity index (χ2v) is 3.87. The Kier molecular flexibility index (Phi) is 3.06. The second-order valence-electron chi connectivity index (χ2n) is 2.30. The van der Waals surface area contributed by atoms with Crippen molar-refractivity contribution in [3.8, 4) is 0 Å². The van der Waals surface area contributed by atoms with E-state index in [0.717, 1.165) is 6.07 Å². The molecule has 1 nitrogen and oxygen atoms in total. The zero-order valence-electron chi connectivity index (χ0n) is 6.20. The van der Waals surface area contributed by atoms with Crippen LogP contribution in [0.4, 0.5) is 4.39 Å². The maximum absolute atomic E-state index is 12.8. The van der Waals surface area contributed by atoms with Crippen molar-refractivity contribution in [1.29, 1.82) is 0 Å². The van der Waals surface area contributed by atoms with Gasteiger partial charge in [-0.1, -0.05) is 11.6 Å². The maximum Gasteiger partial charge on any atom is 0.161 e. The van der Waals surface area contributed by atoms with Crippen molar-refractivity contribution in [2.45, 2.75) is 6.92 Å². The fraction of sp³-hybridized carbons (Fsp3) is 0.125. The molecule has 4 heteroatoms. The van der Waals surface area contributed by atoms with Crippen molar-refractivity contribution >= 4 is 40.0 Å². The van der Waals surface area contributed by atoms with Crippen LogP contribution < -0.4 is 0 Å². The normalized spacial score (nSPS) is 10.0. The molecule has 0 saturated carbocycles. The lowest BCUT2D eigenvalue weighted by atomic mass is 10.1. The number of hydrogen-bond acceptors (Lipinski definition) is 1. The van der Waals surface area contributed by atoms with E-state index in [-0.39, 0.29) is 10.8 Å². The molecule has 1 rings (SSSR count). The van der Waals surface area contributed by atoms with E-state index in [9.17, 15) is 9.18 Å². The molecule has 0 aliphatic heterocycles. The fourth-order valence-electron chi connectivity index (χ4n) is 0.792. The van der Waals surface area contributed by atoms with Crippen LogP contribution >= 0.6 is 34.2 Å². The maximum atomic E-state index is 12.8. The van der Waals surface area contributed by atoms with E-state index in [2.05, 4.69) is 0 Å². The highest BCUT2D eigenvalue weighted by Crippen LogP contribution is 2.22. The van der Waals surface area contributed by atoms with Crippen molar-refractivity contribution in [3.05, 3.63) is 32.1 Å². The van der Waals surface area contributed by atoms with Crippen molar-refractivity contribution in [2.75, 3.05) is 0 Å². The number of carbonyl (C=O) groups excluding carboxylic acids is 1. The Bertz CT molecular complexity index is 338. The monoisotopic (exact) mass is 298 g/mol. The highest BCUT2D eigenvalue weighted by Gasteiger charge is 2.09. The summed E-state index contributed by atoms with van der Waals surface area (Å²) >= 11 is 7.45. The molecule has 0 aromatic heterocycles. The lowest BCUT2D eigenvalue weighted by Crippen LogP contribution is -1.95. The van der Waals surface area contributed by atoms with Gasteiger partial charge in [-0.15, -0.1) is 0 Å². The average Bonchev–Trinajstić information content (AvgIpc) is 1.96. The third kappa shape index (κ3) is 1.95. The average molecular weight is 298 g/mol. The summed E-state index contributed by atoms with van der Waals surface area (Å²) in [5, 5.41) is 0.167. The standard InChI is InChI=1S/C8H5ClFIO/c1-4(12)5-2-8(11)7(10)3-6(5)9/h2-3H,1H3. The van der Waals surface area contributed by atoms with E-state index >= 15 is 0 Å². The summed E-state index contributed by atoms with van der Waals surface area (Å²) in [5.74, 6) is -0.552. The van der Waals surface area contributed by atoms with E-state index in [1.165, 1.54) is 13.0 Å². The molecule has 64 valence electrons. The summed E-state index contributed by atoms with van der Waals surface area (Å²) < 4.78 is 13.2. The van der Waals surface area contributed by atoms with Crippen LogP contribution in [0, 0.1) is 9.39 Å². The topological polar surface area (TPSA) is 17.1 Å². The SMILES string of the molecule is CC(=O)c1cc(I)c(F)cc1Cl. The summed E-state index contributed by atoms with van der Waals surface area (Å²) in [6.07, 6.45) is 0. The predicted molar refractivity (Wildman–Crippen MR) is 54.1 cm³/mol. The van der Waals surface area contributed by atoms with E-state index in [1.807, 2.05) is 22.6 Å². The molecule has 12 heavy (non-hydrogen) atoms. The molecule has 0 spiro atoms. The number of ketones is 1. The number of carbonyl (C=O) groups is 1. The third-order valence-corrected chi connectivity index (χ3v) is 2.53. The molecule has 1 aromatic carbocycles. The lowest BCUT2D eigenvalue weighted by molar-refractivity contribution is 0.101. The number of benzene rings is 1. The van der Waals surface area contributed by atoms with E-state index < -0.39 is 5.82 Å². The van der Waals surface area contributed by atoms with Crippen molar-refractivity contribution in [3.63, 3.8) is 0 Å². The summed E-state index contributed by atoms with van der Waals surface area (Å²) in [6.45, 7) is 1.40. The van der Waals surface area contributed by atoms with Gasteiger partial charge in [0.05, 0.1) is 5.02 Å². The van der Waals surface area contributed by atoms with Crippen LogP contribution in [0.5, 0.6) is 0 Å². The Morgan fingerprint density at radius 1 is 1.58 bits per heavy atom. The van der Waals surface area contributed by atoms with Gasteiger partial charge in [-0.2, -0.15) is 0 Å². The van der Waals surface area contributed by atoms with Crippen molar-refractivity contribution < 1.29 is 9.18 Å². The number of rotatable bonds is 1. The molecule has 0 amide bonds. The molecule has 0 aliphatic rings. The molecule has 0 unspecified atom stereocenters. The molecule has 0 bridgehead atoms. The Hall–Kier alpha value is -0.160. The van der Waals surface area contributed by atoms with Gasteiger partial charge in [-0.25, -0.2) is 4.39 Å². The Balaban J connectivity index is 3.33. The predicted octanol–water partition coefficient (Wildman–Crippen LogP) is 3.29. The zero-order valence-corrected chi connectivity index (χ0v) is 9.11. The van der Waals surface area contributed by atoms with Gasteiger partial charge >= 0.3 is 0 Å². The molecule has 0 saturated heterocycles. The van der Waals surface area contributed by atoms with Gasteiger partial charge in [-0.3, -0.25) is 4.79 Å². The molecule has 0 heterocycles. The van der Waals surface area contributed by atoms with Gasteiger partial charge < -0.3 is 0 Å². The Labute approximate surface area is 88.1 Å². The molecule has 0 radical (unpaired) electrons. The largest absolute Gasteiger partial charge is 0.294 e. The van der Waals surface area contributed by atoms with Crippen LogP contribution in [0.2, 0.25) is 5.02 Å². The molecule has 1 aromatic rings. The minimum Gasteiger partial charge on any atom is -0.294 e. The molecule has 0 N–H and O–H groups in total. The lowest BCUT2D eigenvalue weighted by Gasteiger charge is -2.01. The minimum atomic E-state index is -0.398. The van der Waals surface area contributed by atoms with Crippen LogP contribution in [-0.4, -0.2) is 5.78 Å². The van der Waals surface area contributed by atoms with Gasteiger partial charge in [0, 0.05) is 9.13 Å². The zero-order chi connectivity index (χ0) is 9.30. The first kappa shape index (κ1) is 9.92.